The minimum atomic E-state index is -0.0649. The number of nitrogens with zero attached hydrogens (tertiary/aromatic N) is 2. The number of hydrazine groups is 1. The van der Waals surface area contributed by atoms with Crippen molar-refractivity contribution < 1.29 is 0 Å². The average Bonchev–Trinajstić information content (AvgIpc) is 2.39. The van der Waals surface area contributed by atoms with Crippen molar-refractivity contribution in [3.63, 3.8) is 0 Å². The Hall–Kier alpha value is -1.01. The van der Waals surface area contributed by atoms with E-state index in [1.54, 1.807) is 12.4 Å². The molecule has 0 spiro atoms. The lowest BCUT2D eigenvalue weighted by molar-refractivity contribution is 0.548. The van der Waals surface area contributed by atoms with E-state index in [2.05, 4.69) is 31.3 Å². The van der Waals surface area contributed by atoms with E-state index in [1.807, 2.05) is 18.2 Å². The highest BCUT2D eigenvalue weighted by Crippen LogP contribution is 2.25. The van der Waals surface area contributed by atoms with Gasteiger partial charge in [-0.1, -0.05) is 33.6 Å². The zero-order valence-corrected chi connectivity index (χ0v) is 11.8. The third-order valence-electron chi connectivity index (χ3n) is 2.62. The van der Waals surface area contributed by atoms with Crippen molar-refractivity contribution >= 4 is 27.5 Å². The second-order valence-corrected chi connectivity index (χ2v) is 5.15. The number of nitrogens with one attached hydrogen (secondary N) is 1. The van der Waals surface area contributed by atoms with Crippen LogP contribution in [0.5, 0.6) is 0 Å². The summed E-state index contributed by atoms with van der Waals surface area (Å²) in [5, 5.41) is 0.710. The first-order chi connectivity index (χ1) is 8.70. The Bertz CT molecular complexity index is 521. The van der Waals surface area contributed by atoms with Crippen LogP contribution >= 0.6 is 27.5 Å². The molecule has 1 aromatic carbocycles. The lowest BCUT2D eigenvalue weighted by Gasteiger charge is -2.16. The van der Waals surface area contributed by atoms with Gasteiger partial charge in [0.2, 0.25) is 0 Å². The molecule has 0 aliphatic carbocycles. The predicted molar refractivity (Wildman–Crippen MR) is 75.0 cm³/mol. The van der Waals surface area contributed by atoms with Crippen molar-refractivity contribution in [1.29, 1.82) is 0 Å². The molecule has 94 valence electrons. The summed E-state index contributed by atoms with van der Waals surface area (Å²) >= 11 is 9.57. The average molecular weight is 328 g/mol. The molecular formula is C12H12BrClN4. The van der Waals surface area contributed by atoms with Gasteiger partial charge in [-0.3, -0.25) is 11.3 Å². The Morgan fingerprint density at radius 3 is 2.67 bits per heavy atom. The van der Waals surface area contributed by atoms with Crippen LogP contribution in [0, 0.1) is 0 Å². The highest BCUT2D eigenvalue weighted by Gasteiger charge is 2.13. The van der Waals surface area contributed by atoms with Gasteiger partial charge in [0.05, 0.1) is 6.04 Å². The van der Waals surface area contributed by atoms with E-state index in [-0.39, 0.29) is 6.04 Å². The summed E-state index contributed by atoms with van der Waals surface area (Å²) in [6.45, 7) is 0. The number of halogens is 2. The summed E-state index contributed by atoms with van der Waals surface area (Å²) in [4.78, 5) is 7.97. The zero-order valence-electron chi connectivity index (χ0n) is 9.48. The third-order valence-corrected chi connectivity index (χ3v) is 3.47. The van der Waals surface area contributed by atoms with Crippen molar-refractivity contribution in [2.45, 2.75) is 12.5 Å². The fourth-order valence-electron chi connectivity index (χ4n) is 1.67. The first kappa shape index (κ1) is 13.4. The Morgan fingerprint density at radius 1 is 1.33 bits per heavy atom. The molecule has 0 saturated carbocycles. The fourth-order valence-corrected chi connectivity index (χ4v) is 2.42. The summed E-state index contributed by atoms with van der Waals surface area (Å²) in [6.07, 6.45) is 5.65. The predicted octanol–water partition coefficient (Wildman–Crippen LogP) is 2.64. The van der Waals surface area contributed by atoms with Gasteiger partial charge < -0.3 is 0 Å². The van der Waals surface area contributed by atoms with Crippen LogP contribution in [0.15, 0.2) is 41.4 Å². The van der Waals surface area contributed by atoms with Crippen LogP contribution in [0.2, 0.25) is 5.02 Å². The molecule has 3 N–H and O–H groups in total. The first-order valence-corrected chi connectivity index (χ1v) is 6.52. The summed E-state index contributed by atoms with van der Waals surface area (Å²) in [5.41, 5.74) is 4.71. The maximum Gasteiger partial charge on any atom is 0.115 e. The Morgan fingerprint density at radius 2 is 2.06 bits per heavy atom. The van der Waals surface area contributed by atoms with Crippen LogP contribution in [-0.4, -0.2) is 9.97 Å². The summed E-state index contributed by atoms with van der Waals surface area (Å²) < 4.78 is 0.955. The SMILES string of the molecule is NNC(Cc1ccc(Br)cc1Cl)c1cncnc1. The topological polar surface area (TPSA) is 63.8 Å². The molecule has 0 amide bonds. The quantitative estimate of drug-likeness (QED) is 0.669. The number of benzene rings is 1. The second-order valence-electron chi connectivity index (χ2n) is 3.83. The summed E-state index contributed by atoms with van der Waals surface area (Å²) in [7, 11) is 0. The van der Waals surface area contributed by atoms with Crippen LogP contribution in [0.3, 0.4) is 0 Å². The lowest BCUT2D eigenvalue weighted by atomic mass is 10.0. The molecule has 0 saturated heterocycles. The first-order valence-electron chi connectivity index (χ1n) is 5.35. The molecule has 1 atom stereocenters. The minimum Gasteiger partial charge on any atom is -0.271 e. The maximum atomic E-state index is 6.19. The minimum absolute atomic E-state index is 0.0649. The van der Waals surface area contributed by atoms with E-state index < -0.39 is 0 Å². The molecule has 0 radical (unpaired) electrons. The number of nitrogens with two attached hydrogens (primary N) is 1. The van der Waals surface area contributed by atoms with Crippen molar-refractivity contribution in [3.8, 4) is 0 Å². The van der Waals surface area contributed by atoms with Gasteiger partial charge >= 0.3 is 0 Å². The second kappa shape index (κ2) is 6.24. The molecule has 0 aliphatic rings. The zero-order chi connectivity index (χ0) is 13.0. The maximum absolute atomic E-state index is 6.19. The molecule has 4 nitrogen and oxygen atoms in total. The molecule has 0 aliphatic heterocycles. The monoisotopic (exact) mass is 326 g/mol. The van der Waals surface area contributed by atoms with E-state index in [0.717, 1.165) is 15.6 Å². The van der Waals surface area contributed by atoms with E-state index in [9.17, 15) is 0 Å². The van der Waals surface area contributed by atoms with Crippen LogP contribution in [-0.2, 0) is 6.42 Å². The van der Waals surface area contributed by atoms with E-state index in [0.29, 0.717) is 11.4 Å². The summed E-state index contributed by atoms with van der Waals surface area (Å²) in [5.74, 6) is 5.57. The molecule has 1 heterocycles. The number of hydrogen-bond acceptors (Lipinski definition) is 4. The Balaban J connectivity index is 2.21. The van der Waals surface area contributed by atoms with Crippen molar-refractivity contribution in [2.75, 3.05) is 0 Å². The van der Waals surface area contributed by atoms with Crippen LogP contribution in [0.25, 0.3) is 0 Å². The lowest BCUT2D eigenvalue weighted by Crippen LogP contribution is -2.29. The normalized spacial score (nSPS) is 12.4. The molecule has 0 bridgehead atoms. The van der Waals surface area contributed by atoms with Crippen molar-refractivity contribution in [2.24, 2.45) is 5.84 Å². The largest absolute Gasteiger partial charge is 0.271 e. The van der Waals surface area contributed by atoms with Crippen LogP contribution in [0.4, 0.5) is 0 Å². The molecule has 2 rings (SSSR count). The smallest absolute Gasteiger partial charge is 0.115 e. The molecule has 18 heavy (non-hydrogen) atoms. The van der Waals surface area contributed by atoms with Crippen LogP contribution < -0.4 is 11.3 Å². The van der Waals surface area contributed by atoms with Crippen molar-refractivity contribution in [1.82, 2.24) is 15.4 Å². The van der Waals surface area contributed by atoms with Gasteiger partial charge in [-0.05, 0) is 24.1 Å². The number of hydrogen-bond donors (Lipinski definition) is 2. The van der Waals surface area contributed by atoms with Gasteiger partial charge in [0.25, 0.3) is 0 Å². The van der Waals surface area contributed by atoms with Gasteiger partial charge in [0, 0.05) is 27.5 Å². The molecule has 1 unspecified atom stereocenters. The summed E-state index contributed by atoms with van der Waals surface area (Å²) in [6, 6.07) is 5.73. The molecular weight excluding hydrogens is 316 g/mol. The van der Waals surface area contributed by atoms with Gasteiger partial charge in [-0.25, -0.2) is 9.97 Å². The fraction of sp³-hybridized carbons (Fsp3) is 0.167. The Labute approximate surface area is 119 Å². The third kappa shape index (κ3) is 3.26. The van der Waals surface area contributed by atoms with Crippen molar-refractivity contribution in [3.05, 3.63) is 57.5 Å². The van der Waals surface area contributed by atoms with E-state index in [4.69, 9.17) is 17.4 Å². The molecule has 1 aromatic heterocycles. The molecule has 0 fully saturated rings. The van der Waals surface area contributed by atoms with E-state index >= 15 is 0 Å². The highest BCUT2D eigenvalue weighted by atomic mass is 79.9. The van der Waals surface area contributed by atoms with Gasteiger partial charge in [-0.15, -0.1) is 0 Å². The van der Waals surface area contributed by atoms with E-state index in [1.165, 1.54) is 6.33 Å². The van der Waals surface area contributed by atoms with Gasteiger partial charge in [0.15, 0.2) is 0 Å². The van der Waals surface area contributed by atoms with Gasteiger partial charge in [-0.2, -0.15) is 0 Å². The molecule has 6 heteroatoms. The Kier molecular flexibility index (Phi) is 4.66. The van der Waals surface area contributed by atoms with Gasteiger partial charge in [0.1, 0.15) is 6.33 Å². The highest BCUT2D eigenvalue weighted by molar-refractivity contribution is 9.10. The standard InChI is InChI=1S/C12H12BrClN4/c13-10-2-1-8(11(14)4-10)3-12(18-15)9-5-16-7-17-6-9/h1-2,4-7,12,18H,3,15H2. The van der Waals surface area contributed by atoms with Crippen LogP contribution in [0.1, 0.15) is 17.2 Å². The number of rotatable bonds is 4. The number of aromatic nitrogens is 2. The molecule has 2 aromatic rings.